The van der Waals surface area contributed by atoms with Gasteiger partial charge in [-0.2, -0.15) is 0 Å². The minimum absolute atomic E-state index is 0.374. The monoisotopic (exact) mass is 210 g/mol. The Bertz CT molecular complexity index is 363. The van der Waals surface area contributed by atoms with Crippen LogP contribution in [0.4, 0.5) is 0 Å². The van der Waals surface area contributed by atoms with E-state index in [2.05, 4.69) is 23.4 Å². The van der Waals surface area contributed by atoms with Gasteiger partial charge in [-0.25, -0.2) is 0 Å². The van der Waals surface area contributed by atoms with Crippen molar-refractivity contribution in [3.05, 3.63) is 22.5 Å². The van der Waals surface area contributed by atoms with E-state index in [1.807, 2.05) is 0 Å². The highest BCUT2D eigenvalue weighted by molar-refractivity contribution is 6.30. The van der Waals surface area contributed by atoms with E-state index >= 15 is 0 Å². The van der Waals surface area contributed by atoms with Gasteiger partial charge in [0.15, 0.2) is 0 Å². The van der Waals surface area contributed by atoms with Gasteiger partial charge in [0.1, 0.15) is 5.15 Å². The van der Waals surface area contributed by atoms with E-state index in [-0.39, 0.29) is 0 Å². The smallest absolute Gasteiger partial charge is 0.109 e. The first-order chi connectivity index (χ1) is 6.74. The minimum Gasteiger partial charge on any atom is -0.352 e. The predicted octanol–water partition coefficient (Wildman–Crippen LogP) is 2.09. The number of nitrogens with one attached hydrogen (secondary N) is 2. The Balaban J connectivity index is 2.13. The Morgan fingerprint density at radius 2 is 2.43 bits per heavy atom. The fraction of sp³-hybridized carbons (Fsp3) is 0.636. The second-order valence-corrected chi connectivity index (χ2v) is 5.06. The Hall–Kier alpha value is -0.470. The summed E-state index contributed by atoms with van der Waals surface area (Å²) >= 11 is 6.14. The number of halogens is 1. The molecule has 2 atom stereocenters. The van der Waals surface area contributed by atoms with E-state index in [0.717, 1.165) is 30.6 Å². The lowest BCUT2D eigenvalue weighted by molar-refractivity contribution is 0.343. The van der Waals surface area contributed by atoms with E-state index in [1.165, 1.54) is 17.5 Å². The summed E-state index contributed by atoms with van der Waals surface area (Å²) in [6, 6.07) is 0. The van der Waals surface area contributed by atoms with Crippen LogP contribution in [0.3, 0.4) is 0 Å². The second-order valence-electron chi connectivity index (χ2n) is 4.68. The maximum atomic E-state index is 6.14. The lowest BCUT2D eigenvalue weighted by Gasteiger charge is -2.28. The van der Waals surface area contributed by atoms with Gasteiger partial charge in [-0.1, -0.05) is 18.5 Å². The van der Waals surface area contributed by atoms with Gasteiger partial charge in [0, 0.05) is 18.2 Å². The first-order valence-corrected chi connectivity index (χ1v) is 5.69. The fourth-order valence-corrected chi connectivity index (χ4v) is 3.43. The zero-order chi connectivity index (χ0) is 9.76. The van der Waals surface area contributed by atoms with Crippen LogP contribution < -0.4 is 5.32 Å². The lowest BCUT2D eigenvalue weighted by Crippen LogP contribution is -2.32. The summed E-state index contributed by atoms with van der Waals surface area (Å²) in [6.07, 6.45) is 4.52. The summed E-state index contributed by atoms with van der Waals surface area (Å²) in [5.74, 6) is 0.731. The van der Waals surface area contributed by atoms with E-state index in [4.69, 9.17) is 11.6 Å². The van der Waals surface area contributed by atoms with E-state index in [0.29, 0.717) is 5.41 Å². The molecule has 76 valence electrons. The molecule has 2 nitrogen and oxygen atoms in total. The van der Waals surface area contributed by atoms with Crippen LogP contribution in [0.25, 0.3) is 0 Å². The number of aromatic nitrogens is 1. The molecule has 1 fully saturated rings. The van der Waals surface area contributed by atoms with Gasteiger partial charge in [-0.3, -0.25) is 0 Å². The number of fused-ring (bicyclic) bond motifs is 2. The van der Waals surface area contributed by atoms with Crippen LogP contribution in [0, 0.1) is 5.92 Å². The quantitative estimate of drug-likeness (QED) is 0.675. The van der Waals surface area contributed by atoms with Gasteiger partial charge < -0.3 is 10.3 Å². The summed E-state index contributed by atoms with van der Waals surface area (Å²) in [6.45, 7) is 4.62. The van der Waals surface area contributed by atoms with Crippen molar-refractivity contribution < 1.29 is 0 Å². The fourth-order valence-electron chi connectivity index (χ4n) is 3.20. The Kier molecular flexibility index (Phi) is 1.74. The summed E-state index contributed by atoms with van der Waals surface area (Å²) < 4.78 is 0. The molecule has 2 heterocycles. The maximum absolute atomic E-state index is 6.14. The molecule has 3 heteroatoms. The maximum Gasteiger partial charge on any atom is 0.109 e. The molecule has 1 aromatic rings. The molecular weight excluding hydrogens is 196 g/mol. The van der Waals surface area contributed by atoms with Crippen LogP contribution >= 0.6 is 11.6 Å². The van der Waals surface area contributed by atoms with Gasteiger partial charge in [0.05, 0.1) is 0 Å². The molecule has 14 heavy (non-hydrogen) atoms. The number of H-pyrrole nitrogens is 1. The average molecular weight is 211 g/mol. The highest BCUT2D eigenvalue weighted by Gasteiger charge is 2.47. The van der Waals surface area contributed by atoms with Crippen molar-refractivity contribution in [3.8, 4) is 0 Å². The molecular formula is C11H15ClN2. The van der Waals surface area contributed by atoms with Gasteiger partial charge in [-0.05, 0) is 36.4 Å². The van der Waals surface area contributed by atoms with Crippen LogP contribution in [0.1, 0.15) is 24.5 Å². The first kappa shape index (κ1) is 8.81. The standard InChI is InChI=1S/C11H15ClN2/c1-7-4-8-9(5-14-10(8)12)11(7)2-3-13-6-11/h5,7,13-14H,2-4,6H2,1H3. The molecule has 2 unspecified atom stereocenters. The molecule has 1 aliphatic carbocycles. The van der Waals surface area contributed by atoms with Crippen molar-refractivity contribution in [2.24, 2.45) is 5.92 Å². The van der Waals surface area contributed by atoms with Crippen molar-refractivity contribution in [1.29, 1.82) is 0 Å². The summed E-state index contributed by atoms with van der Waals surface area (Å²) in [5.41, 5.74) is 3.21. The van der Waals surface area contributed by atoms with E-state index in [9.17, 15) is 0 Å². The van der Waals surface area contributed by atoms with Crippen molar-refractivity contribution in [2.45, 2.75) is 25.2 Å². The zero-order valence-corrected chi connectivity index (χ0v) is 9.12. The van der Waals surface area contributed by atoms with Crippen molar-refractivity contribution in [1.82, 2.24) is 10.3 Å². The SMILES string of the molecule is CC1Cc2c(c[nH]c2Cl)C12CCNC2. The molecule has 1 aromatic heterocycles. The molecule has 0 aromatic carbocycles. The second kappa shape index (κ2) is 2.77. The third-order valence-corrected chi connectivity index (χ3v) is 4.45. The van der Waals surface area contributed by atoms with Crippen LogP contribution in [-0.4, -0.2) is 18.1 Å². The zero-order valence-electron chi connectivity index (χ0n) is 8.36. The normalized spacial score (nSPS) is 35.4. The Morgan fingerprint density at radius 1 is 1.57 bits per heavy atom. The minimum atomic E-state index is 0.374. The number of hydrogen-bond donors (Lipinski definition) is 2. The molecule has 1 saturated heterocycles. The highest BCUT2D eigenvalue weighted by atomic mass is 35.5. The molecule has 0 bridgehead atoms. The summed E-state index contributed by atoms with van der Waals surface area (Å²) in [4.78, 5) is 3.15. The average Bonchev–Trinajstić information content (AvgIpc) is 2.80. The predicted molar refractivity (Wildman–Crippen MR) is 57.8 cm³/mol. The van der Waals surface area contributed by atoms with Gasteiger partial charge in [0.2, 0.25) is 0 Å². The molecule has 1 aliphatic heterocycles. The Labute approximate surface area is 89.0 Å². The number of hydrogen-bond acceptors (Lipinski definition) is 1. The molecule has 0 radical (unpaired) electrons. The van der Waals surface area contributed by atoms with E-state index in [1.54, 1.807) is 0 Å². The molecule has 0 saturated carbocycles. The third kappa shape index (κ3) is 0.908. The largest absolute Gasteiger partial charge is 0.352 e. The summed E-state index contributed by atoms with van der Waals surface area (Å²) in [7, 11) is 0. The van der Waals surface area contributed by atoms with Crippen molar-refractivity contribution >= 4 is 11.6 Å². The van der Waals surface area contributed by atoms with Gasteiger partial charge in [0.25, 0.3) is 0 Å². The lowest BCUT2D eigenvalue weighted by atomic mass is 9.75. The first-order valence-electron chi connectivity index (χ1n) is 5.31. The van der Waals surface area contributed by atoms with Crippen molar-refractivity contribution in [2.75, 3.05) is 13.1 Å². The number of rotatable bonds is 0. The van der Waals surface area contributed by atoms with Crippen LogP contribution in [0.15, 0.2) is 6.20 Å². The van der Waals surface area contributed by atoms with Crippen molar-refractivity contribution in [3.63, 3.8) is 0 Å². The Morgan fingerprint density at radius 3 is 3.14 bits per heavy atom. The molecule has 2 N–H and O–H groups in total. The molecule has 0 amide bonds. The van der Waals surface area contributed by atoms with Gasteiger partial charge >= 0.3 is 0 Å². The van der Waals surface area contributed by atoms with Gasteiger partial charge in [-0.15, -0.1) is 0 Å². The topological polar surface area (TPSA) is 27.8 Å². The van der Waals surface area contributed by atoms with Crippen LogP contribution in [0.2, 0.25) is 5.15 Å². The third-order valence-electron chi connectivity index (χ3n) is 4.11. The number of aromatic amines is 1. The molecule has 2 aliphatic rings. The molecule has 1 spiro atoms. The van der Waals surface area contributed by atoms with Crippen LogP contribution in [0.5, 0.6) is 0 Å². The summed E-state index contributed by atoms with van der Waals surface area (Å²) in [5, 5.41) is 4.34. The molecule has 3 rings (SSSR count). The highest BCUT2D eigenvalue weighted by Crippen LogP contribution is 2.48. The van der Waals surface area contributed by atoms with Crippen LogP contribution in [-0.2, 0) is 11.8 Å². The van der Waals surface area contributed by atoms with E-state index < -0.39 is 0 Å².